The van der Waals surface area contributed by atoms with Gasteiger partial charge in [-0.3, -0.25) is 4.79 Å². The van der Waals surface area contributed by atoms with E-state index >= 15 is 0 Å². The average Bonchev–Trinajstić information content (AvgIpc) is 2.03. The molecule has 0 aromatic heterocycles. The van der Waals surface area contributed by atoms with Crippen molar-refractivity contribution in [2.45, 2.75) is 18.7 Å². The maximum Gasteiger partial charge on any atom is 0.340 e. The normalized spacial score (nSPS) is 15.2. The third-order valence-electron chi connectivity index (χ3n) is 1.44. The van der Waals surface area contributed by atoms with E-state index in [2.05, 4.69) is 30.6 Å². The molecule has 0 saturated carbocycles. The molecule has 4 nitrogen and oxygen atoms in total. The lowest BCUT2D eigenvalue weighted by Crippen LogP contribution is -2.52. The van der Waals surface area contributed by atoms with E-state index in [0.29, 0.717) is 0 Å². The van der Waals surface area contributed by atoms with Gasteiger partial charge in [-0.1, -0.05) is 13.8 Å². The first kappa shape index (κ1) is 12.6. The molecule has 13 heavy (non-hydrogen) atoms. The summed E-state index contributed by atoms with van der Waals surface area (Å²) in [6, 6.07) is 0. The fourth-order valence-electron chi connectivity index (χ4n) is 0.509. The van der Waals surface area contributed by atoms with Crippen LogP contribution in [0.2, 0.25) is 0 Å². The second-order valence-electron chi connectivity index (χ2n) is 2.97. The molecule has 0 aliphatic carbocycles. The van der Waals surface area contributed by atoms with Gasteiger partial charge in [-0.15, -0.1) is 12.6 Å². The fourth-order valence-corrected chi connectivity index (χ4v) is 0.833. The van der Waals surface area contributed by atoms with E-state index in [4.69, 9.17) is 5.11 Å². The lowest BCUT2D eigenvalue weighted by molar-refractivity contribution is -0.142. The molecule has 0 aromatic rings. The second kappa shape index (κ2) is 4.76. The van der Waals surface area contributed by atoms with Gasteiger partial charge in [0.2, 0.25) is 5.91 Å². The zero-order valence-corrected chi connectivity index (χ0v) is 9.23. The quantitative estimate of drug-likeness (QED) is 0.412. The molecule has 2 N–H and O–H groups in total. The standard InChI is InChI=1S/C7H13NO3S2/c1-4(2)5(9)8-7(13,3-12)6(10)11/h4,12-13H,3H2,1-2H3,(H,8,9)(H,10,11)/t7-/m1/s1. The maximum atomic E-state index is 11.2. The third kappa shape index (κ3) is 3.48. The van der Waals surface area contributed by atoms with Gasteiger partial charge in [0.05, 0.1) is 0 Å². The molecule has 0 fully saturated rings. The molecule has 0 aromatic carbocycles. The lowest BCUT2D eigenvalue weighted by atomic mass is 10.2. The molecule has 0 unspecified atom stereocenters. The Kier molecular flexibility index (Phi) is 4.63. The Hall–Kier alpha value is -0.360. The molecule has 0 aliphatic rings. The van der Waals surface area contributed by atoms with Crippen molar-refractivity contribution < 1.29 is 14.7 Å². The molecule has 0 saturated heterocycles. The summed E-state index contributed by atoms with van der Waals surface area (Å²) in [7, 11) is 0. The third-order valence-corrected chi connectivity index (χ3v) is 2.62. The van der Waals surface area contributed by atoms with Crippen LogP contribution in [0.5, 0.6) is 0 Å². The molecular weight excluding hydrogens is 210 g/mol. The van der Waals surface area contributed by atoms with E-state index < -0.39 is 10.8 Å². The Labute approximate surface area is 87.9 Å². The largest absolute Gasteiger partial charge is 0.479 e. The first-order valence-corrected chi connectivity index (χ1v) is 4.80. The van der Waals surface area contributed by atoms with Gasteiger partial charge in [-0.05, 0) is 0 Å². The highest BCUT2D eigenvalue weighted by Gasteiger charge is 2.35. The van der Waals surface area contributed by atoms with E-state index in [1.54, 1.807) is 13.8 Å². The highest BCUT2D eigenvalue weighted by atomic mass is 32.1. The molecule has 0 rings (SSSR count). The maximum absolute atomic E-state index is 11.2. The number of carboxylic acid groups (broad SMARTS) is 1. The average molecular weight is 223 g/mol. The molecule has 0 heterocycles. The van der Waals surface area contributed by atoms with Gasteiger partial charge in [0.25, 0.3) is 0 Å². The van der Waals surface area contributed by atoms with Crippen molar-refractivity contribution in [1.29, 1.82) is 0 Å². The summed E-state index contributed by atoms with van der Waals surface area (Å²) >= 11 is 7.65. The van der Waals surface area contributed by atoms with Crippen LogP contribution in [0.4, 0.5) is 0 Å². The van der Waals surface area contributed by atoms with Crippen molar-refractivity contribution in [3.05, 3.63) is 0 Å². The van der Waals surface area contributed by atoms with Gasteiger partial charge in [0.1, 0.15) is 0 Å². The molecular formula is C7H13NO3S2. The summed E-state index contributed by atoms with van der Waals surface area (Å²) in [5.41, 5.74) is 0. The number of hydrogen-bond donors (Lipinski definition) is 4. The van der Waals surface area contributed by atoms with Gasteiger partial charge < -0.3 is 10.4 Å². The predicted octanol–water partition coefficient (Wildman–Crippen LogP) is 0.399. The zero-order chi connectivity index (χ0) is 10.6. The van der Waals surface area contributed by atoms with Gasteiger partial charge in [-0.2, -0.15) is 12.6 Å². The molecule has 0 spiro atoms. The van der Waals surface area contributed by atoms with Crippen LogP contribution in [-0.2, 0) is 9.59 Å². The molecule has 0 bridgehead atoms. The summed E-state index contributed by atoms with van der Waals surface area (Å²) < 4.78 is 0. The molecule has 1 atom stereocenters. The Bertz CT molecular complexity index is 220. The second-order valence-corrected chi connectivity index (χ2v) is 4.05. The van der Waals surface area contributed by atoms with Crippen LogP contribution in [-0.4, -0.2) is 27.6 Å². The van der Waals surface area contributed by atoms with Crippen molar-refractivity contribution >= 4 is 37.1 Å². The van der Waals surface area contributed by atoms with Crippen LogP contribution in [0, 0.1) is 5.92 Å². The number of amides is 1. The number of thiol groups is 2. The Morgan fingerprint density at radius 1 is 1.54 bits per heavy atom. The number of hydrogen-bond acceptors (Lipinski definition) is 4. The van der Waals surface area contributed by atoms with Crippen LogP contribution in [0.15, 0.2) is 0 Å². The molecule has 0 radical (unpaired) electrons. The van der Waals surface area contributed by atoms with Crippen LogP contribution in [0.25, 0.3) is 0 Å². The lowest BCUT2D eigenvalue weighted by Gasteiger charge is -2.23. The molecule has 0 aliphatic heterocycles. The van der Waals surface area contributed by atoms with Gasteiger partial charge >= 0.3 is 5.97 Å². The topological polar surface area (TPSA) is 66.4 Å². The molecule has 1 amide bonds. The van der Waals surface area contributed by atoms with E-state index in [1.807, 2.05) is 0 Å². The SMILES string of the molecule is CC(C)C(=O)N[C@@](S)(CS)C(=O)O. The summed E-state index contributed by atoms with van der Waals surface area (Å²) in [6.07, 6.45) is 0. The Morgan fingerprint density at radius 3 is 2.23 bits per heavy atom. The minimum absolute atomic E-state index is 0.0656. The number of carbonyl (C=O) groups is 2. The summed E-state index contributed by atoms with van der Waals surface area (Å²) in [4.78, 5) is 20.3. The minimum Gasteiger partial charge on any atom is -0.479 e. The monoisotopic (exact) mass is 223 g/mol. The van der Waals surface area contributed by atoms with E-state index in [-0.39, 0.29) is 17.6 Å². The van der Waals surface area contributed by atoms with Crippen molar-refractivity contribution in [1.82, 2.24) is 5.32 Å². The van der Waals surface area contributed by atoms with Crippen LogP contribution < -0.4 is 5.32 Å². The zero-order valence-electron chi connectivity index (χ0n) is 7.44. The Balaban J connectivity index is 4.45. The predicted molar refractivity (Wildman–Crippen MR) is 56.2 cm³/mol. The summed E-state index contributed by atoms with van der Waals surface area (Å²) in [5.74, 6) is -1.90. The van der Waals surface area contributed by atoms with Crippen LogP contribution >= 0.6 is 25.3 Å². The van der Waals surface area contributed by atoms with E-state index in [0.717, 1.165) is 0 Å². The number of aliphatic carboxylic acids is 1. The van der Waals surface area contributed by atoms with E-state index in [1.165, 1.54) is 0 Å². The fraction of sp³-hybridized carbons (Fsp3) is 0.714. The number of rotatable bonds is 4. The molecule has 76 valence electrons. The van der Waals surface area contributed by atoms with Crippen molar-refractivity contribution in [2.24, 2.45) is 5.92 Å². The highest BCUT2D eigenvalue weighted by Crippen LogP contribution is 2.13. The first-order chi connectivity index (χ1) is 5.83. The minimum atomic E-state index is -1.58. The summed E-state index contributed by atoms with van der Waals surface area (Å²) in [6.45, 7) is 3.34. The van der Waals surface area contributed by atoms with Crippen molar-refractivity contribution in [3.8, 4) is 0 Å². The van der Waals surface area contributed by atoms with Crippen molar-refractivity contribution in [2.75, 3.05) is 5.75 Å². The van der Waals surface area contributed by atoms with Crippen LogP contribution in [0.3, 0.4) is 0 Å². The first-order valence-electron chi connectivity index (χ1n) is 3.72. The van der Waals surface area contributed by atoms with Gasteiger partial charge in [-0.25, -0.2) is 4.79 Å². The van der Waals surface area contributed by atoms with E-state index in [9.17, 15) is 9.59 Å². The number of carboxylic acids is 1. The van der Waals surface area contributed by atoms with Gasteiger partial charge in [0, 0.05) is 11.7 Å². The highest BCUT2D eigenvalue weighted by molar-refractivity contribution is 7.86. The number of carbonyl (C=O) groups excluding carboxylic acids is 1. The number of nitrogens with one attached hydrogen (secondary N) is 1. The summed E-state index contributed by atoms with van der Waals surface area (Å²) in [5, 5.41) is 11.0. The van der Waals surface area contributed by atoms with Crippen molar-refractivity contribution in [3.63, 3.8) is 0 Å². The molecule has 6 heteroatoms. The van der Waals surface area contributed by atoms with Gasteiger partial charge in [0.15, 0.2) is 4.87 Å². The smallest absolute Gasteiger partial charge is 0.340 e. The Morgan fingerprint density at radius 2 is 2.00 bits per heavy atom. The van der Waals surface area contributed by atoms with Crippen LogP contribution in [0.1, 0.15) is 13.8 Å².